The number of phenols is 1. The minimum absolute atomic E-state index is 0.0395. The van der Waals surface area contributed by atoms with E-state index in [1.807, 2.05) is 30.3 Å². The van der Waals surface area contributed by atoms with Crippen LogP contribution in [0.5, 0.6) is 5.75 Å². The molecule has 39 heavy (non-hydrogen) atoms. The van der Waals surface area contributed by atoms with E-state index in [1.54, 1.807) is 10.9 Å². The van der Waals surface area contributed by atoms with Gasteiger partial charge in [0.2, 0.25) is 5.91 Å². The molecule has 2 fully saturated rings. The maximum atomic E-state index is 12.3. The molecule has 2 heterocycles. The average Bonchev–Trinajstić information content (AvgIpc) is 3.70. The fraction of sp³-hybridized carbons (Fsp3) is 0.400. The van der Waals surface area contributed by atoms with Gasteiger partial charge < -0.3 is 16.2 Å². The molecule has 1 saturated heterocycles. The molecule has 3 aromatic rings. The number of aromatic nitrogens is 2. The number of primary amides is 1. The van der Waals surface area contributed by atoms with E-state index in [9.17, 15) is 20.0 Å². The number of aromatic hydroxyl groups is 1. The number of piperidine rings is 1. The van der Waals surface area contributed by atoms with Crippen molar-refractivity contribution in [2.45, 2.75) is 57.5 Å². The van der Waals surface area contributed by atoms with Crippen molar-refractivity contribution in [1.82, 2.24) is 14.7 Å². The molecule has 2 aliphatic rings. The van der Waals surface area contributed by atoms with Crippen molar-refractivity contribution in [1.29, 1.82) is 5.26 Å². The topological polar surface area (TPSA) is 137 Å². The molecule has 1 aliphatic heterocycles. The van der Waals surface area contributed by atoms with Crippen molar-refractivity contribution >= 4 is 17.6 Å². The predicted octanol–water partition coefficient (Wildman–Crippen LogP) is 4.17. The fourth-order valence-corrected chi connectivity index (χ4v) is 5.31. The quantitative estimate of drug-likeness (QED) is 0.383. The van der Waals surface area contributed by atoms with Gasteiger partial charge in [-0.1, -0.05) is 43.3 Å². The van der Waals surface area contributed by atoms with Gasteiger partial charge in [-0.25, -0.2) is 0 Å². The van der Waals surface area contributed by atoms with Gasteiger partial charge in [-0.15, -0.1) is 0 Å². The molecule has 1 saturated carbocycles. The number of rotatable bonds is 9. The van der Waals surface area contributed by atoms with Gasteiger partial charge in [-0.05, 0) is 54.9 Å². The summed E-state index contributed by atoms with van der Waals surface area (Å²) in [6.07, 6.45) is 5.72. The number of carbonyl (C=O) groups excluding carboxylic acids is 2. The maximum Gasteiger partial charge on any atom is 0.254 e. The summed E-state index contributed by atoms with van der Waals surface area (Å²) in [5.74, 6) is -0.439. The van der Waals surface area contributed by atoms with E-state index in [2.05, 4.69) is 40.4 Å². The number of nitrogens with two attached hydrogens (primary N) is 1. The van der Waals surface area contributed by atoms with Gasteiger partial charge in [-0.2, -0.15) is 10.4 Å². The van der Waals surface area contributed by atoms with E-state index >= 15 is 0 Å². The van der Waals surface area contributed by atoms with Crippen LogP contribution in [0.15, 0.2) is 48.7 Å². The Bertz CT molecular complexity index is 1410. The lowest BCUT2D eigenvalue weighted by Crippen LogP contribution is -2.46. The van der Waals surface area contributed by atoms with Gasteiger partial charge in [0.1, 0.15) is 11.3 Å². The number of nitrogens with zero attached hydrogens (tertiary/aromatic N) is 4. The first-order chi connectivity index (χ1) is 18.8. The summed E-state index contributed by atoms with van der Waals surface area (Å²) in [5.41, 5.74) is 9.20. The molecule has 9 nitrogen and oxygen atoms in total. The van der Waals surface area contributed by atoms with Crippen LogP contribution in [-0.2, 0) is 23.3 Å². The molecule has 1 aliphatic carbocycles. The second-order valence-corrected chi connectivity index (χ2v) is 10.7. The summed E-state index contributed by atoms with van der Waals surface area (Å²) in [7, 11) is 0. The first-order valence-electron chi connectivity index (χ1n) is 13.5. The standard InChI is InChI=1S/C30H34N6O3/c1-2-20-3-6-22(7-4-20)24-10-5-21(17-26(24)37)18-35-15-12-30(11-14-31,13-16-35)36-19-25(27(32)38)28(34-36)33-29(39)23-8-9-23/h3-7,10,17,19,23,37H,2,8-9,11-13,15-16,18H2,1H3,(H2,32,38)(H,33,34,39). The van der Waals surface area contributed by atoms with Gasteiger partial charge in [0.25, 0.3) is 5.91 Å². The summed E-state index contributed by atoms with van der Waals surface area (Å²) in [6, 6.07) is 16.4. The largest absolute Gasteiger partial charge is 0.507 e. The van der Waals surface area contributed by atoms with Gasteiger partial charge in [0, 0.05) is 37.3 Å². The molecule has 0 bridgehead atoms. The summed E-state index contributed by atoms with van der Waals surface area (Å²) < 4.78 is 1.67. The fourth-order valence-electron chi connectivity index (χ4n) is 5.31. The Kier molecular flexibility index (Phi) is 7.40. The van der Waals surface area contributed by atoms with Crippen molar-refractivity contribution in [3.8, 4) is 22.9 Å². The highest BCUT2D eigenvalue weighted by Crippen LogP contribution is 2.37. The summed E-state index contributed by atoms with van der Waals surface area (Å²) in [6.45, 7) is 4.20. The van der Waals surface area contributed by atoms with Crippen LogP contribution >= 0.6 is 0 Å². The number of anilines is 1. The molecule has 0 unspecified atom stereocenters. The van der Waals surface area contributed by atoms with Crippen LogP contribution in [0.4, 0.5) is 5.82 Å². The first-order valence-corrected chi connectivity index (χ1v) is 13.5. The van der Waals surface area contributed by atoms with Crippen LogP contribution < -0.4 is 11.1 Å². The minimum atomic E-state index is -0.665. The molecule has 0 atom stereocenters. The number of hydrogen-bond donors (Lipinski definition) is 3. The van der Waals surface area contributed by atoms with E-state index in [1.165, 1.54) is 5.56 Å². The zero-order chi connectivity index (χ0) is 27.6. The molecule has 5 rings (SSSR count). The van der Waals surface area contributed by atoms with Crippen LogP contribution in [0.3, 0.4) is 0 Å². The normalized spacial score (nSPS) is 16.9. The van der Waals surface area contributed by atoms with Crippen molar-refractivity contribution in [2.24, 2.45) is 11.7 Å². The van der Waals surface area contributed by atoms with Crippen molar-refractivity contribution in [2.75, 3.05) is 18.4 Å². The lowest BCUT2D eigenvalue weighted by atomic mass is 9.84. The van der Waals surface area contributed by atoms with Gasteiger partial charge >= 0.3 is 0 Å². The number of carbonyl (C=O) groups is 2. The van der Waals surface area contributed by atoms with Crippen LogP contribution in [0.25, 0.3) is 11.1 Å². The number of nitriles is 1. The Morgan fingerprint density at radius 3 is 2.44 bits per heavy atom. The lowest BCUT2D eigenvalue weighted by Gasteiger charge is -2.40. The smallest absolute Gasteiger partial charge is 0.254 e. The molecule has 0 radical (unpaired) electrons. The highest BCUT2D eigenvalue weighted by molar-refractivity contribution is 6.02. The first kappa shape index (κ1) is 26.4. The predicted molar refractivity (Wildman–Crippen MR) is 148 cm³/mol. The summed E-state index contributed by atoms with van der Waals surface area (Å²) >= 11 is 0. The third-order valence-corrected chi connectivity index (χ3v) is 7.99. The van der Waals surface area contributed by atoms with Crippen molar-refractivity contribution in [3.63, 3.8) is 0 Å². The Morgan fingerprint density at radius 2 is 1.85 bits per heavy atom. The van der Waals surface area contributed by atoms with Crippen LogP contribution in [0.2, 0.25) is 0 Å². The molecule has 2 amide bonds. The van der Waals surface area contributed by atoms with Crippen LogP contribution in [-0.4, -0.2) is 44.7 Å². The number of hydrogen-bond acceptors (Lipinski definition) is 6. The third kappa shape index (κ3) is 5.66. The molecule has 2 aromatic carbocycles. The molecule has 202 valence electrons. The molecule has 4 N–H and O–H groups in total. The Hall–Kier alpha value is -4.16. The molecule has 0 spiro atoms. The molecular weight excluding hydrogens is 492 g/mol. The average molecular weight is 527 g/mol. The van der Waals surface area contributed by atoms with Crippen LogP contribution in [0.1, 0.15) is 60.5 Å². The lowest BCUT2D eigenvalue weighted by molar-refractivity contribution is -0.117. The van der Waals surface area contributed by atoms with Gasteiger partial charge in [0.05, 0.1) is 18.0 Å². The summed E-state index contributed by atoms with van der Waals surface area (Å²) in [5, 5.41) is 27.7. The minimum Gasteiger partial charge on any atom is -0.507 e. The zero-order valence-corrected chi connectivity index (χ0v) is 22.2. The maximum absolute atomic E-state index is 12.3. The van der Waals surface area contributed by atoms with Gasteiger partial charge in [0.15, 0.2) is 5.82 Å². The second kappa shape index (κ2) is 10.9. The van der Waals surface area contributed by atoms with E-state index < -0.39 is 11.4 Å². The highest BCUT2D eigenvalue weighted by atomic mass is 16.3. The SMILES string of the molecule is CCc1ccc(-c2ccc(CN3CCC(CC#N)(n4cc(C(N)=O)c(NC(=O)C5CC5)n4)CC3)cc2O)cc1. The number of phenolic OH excluding ortho intramolecular Hbond substituents is 1. The molecule has 9 heteroatoms. The Labute approximate surface area is 228 Å². The van der Waals surface area contributed by atoms with Crippen molar-refractivity contribution < 1.29 is 14.7 Å². The van der Waals surface area contributed by atoms with Gasteiger partial charge in [-0.3, -0.25) is 19.2 Å². The van der Waals surface area contributed by atoms with E-state index in [4.69, 9.17) is 5.73 Å². The number of amides is 2. The third-order valence-electron chi connectivity index (χ3n) is 7.99. The Morgan fingerprint density at radius 1 is 1.15 bits per heavy atom. The van der Waals surface area contributed by atoms with E-state index in [0.717, 1.165) is 36.0 Å². The molecule has 1 aromatic heterocycles. The van der Waals surface area contributed by atoms with Crippen LogP contribution in [0, 0.1) is 17.2 Å². The highest BCUT2D eigenvalue weighted by Gasteiger charge is 2.39. The zero-order valence-electron chi connectivity index (χ0n) is 22.2. The Balaban J connectivity index is 1.28. The number of aryl methyl sites for hydroxylation is 1. The van der Waals surface area contributed by atoms with Crippen molar-refractivity contribution in [3.05, 3.63) is 65.4 Å². The van der Waals surface area contributed by atoms with E-state index in [-0.39, 0.29) is 35.4 Å². The monoisotopic (exact) mass is 526 g/mol. The molecular formula is C30H34N6O3. The number of benzene rings is 2. The number of nitrogens with one attached hydrogen (secondary N) is 1. The number of likely N-dealkylation sites (tertiary alicyclic amines) is 1. The summed E-state index contributed by atoms with van der Waals surface area (Å²) in [4.78, 5) is 26.7. The second-order valence-electron chi connectivity index (χ2n) is 10.7. The van der Waals surface area contributed by atoms with E-state index in [0.29, 0.717) is 32.5 Å².